The maximum atomic E-state index is 13.4. The molecule has 2 aliphatic rings. The summed E-state index contributed by atoms with van der Waals surface area (Å²) >= 11 is 0. The molecule has 5 atom stereocenters. The fraction of sp³-hybridized carbons (Fsp3) is 0.762. The van der Waals surface area contributed by atoms with Gasteiger partial charge in [-0.05, 0) is 18.3 Å². The number of halogens is 3. The molecule has 0 aromatic heterocycles. The molecule has 2 aliphatic heterocycles. The standard InChI is InChI=1S/C21H30F3N5O6/c1-20(2,3)15(28-19(33)34-4)18(32)29-10-13(35-21(22,23)24)8-14(29)17(31)27-12(9-25)7-11-5-6-26-16(11)30/h11-15H,5-8,10H2,1-4H3,(H,26,30)(H,27,31)(H,28,33)/t11-,12-,13+,14-,15+/m0/s1. The van der Waals surface area contributed by atoms with Crippen molar-refractivity contribution in [3.05, 3.63) is 0 Å². The van der Waals surface area contributed by atoms with Gasteiger partial charge in [0, 0.05) is 25.4 Å². The largest absolute Gasteiger partial charge is 0.522 e. The summed E-state index contributed by atoms with van der Waals surface area (Å²) in [4.78, 5) is 50.9. The summed E-state index contributed by atoms with van der Waals surface area (Å²) in [5, 5.41) is 16.9. The molecule has 0 aromatic rings. The third-order valence-electron chi connectivity index (χ3n) is 5.86. The van der Waals surface area contributed by atoms with Crippen LogP contribution < -0.4 is 16.0 Å². The topological polar surface area (TPSA) is 150 Å². The van der Waals surface area contributed by atoms with Crippen LogP contribution in [0.15, 0.2) is 0 Å². The molecular formula is C21H30F3N5O6. The minimum Gasteiger partial charge on any atom is -0.453 e. The Morgan fingerprint density at radius 2 is 1.91 bits per heavy atom. The fourth-order valence-corrected chi connectivity index (χ4v) is 4.12. The molecule has 0 spiro atoms. The summed E-state index contributed by atoms with van der Waals surface area (Å²) in [6.07, 6.45) is -7.44. The average molecular weight is 505 g/mol. The number of hydrogen-bond acceptors (Lipinski definition) is 7. The smallest absolute Gasteiger partial charge is 0.453 e. The number of ether oxygens (including phenoxy) is 2. The third kappa shape index (κ3) is 7.71. The number of methoxy groups -OCH3 is 1. The first-order chi connectivity index (χ1) is 16.2. The molecule has 2 heterocycles. The van der Waals surface area contributed by atoms with Gasteiger partial charge in [-0.25, -0.2) is 4.79 Å². The number of nitrogens with zero attached hydrogens (tertiary/aromatic N) is 2. The fourth-order valence-electron chi connectivity index (χ4n) is 4.12. The highest BCUT2D eigenvalue weighted by Gasteiger charge is 2.48. The second-order valence-electron chi connectivity index (χ2n) is 9.57. The zero-order chi connectivity index (χ0) is 26.6. The highest BCUT2D eigenvalue weighted by atomic mass is 19.4. The molecule has 0 saturated carbocycles. The molecule has 11 nitrogen and oxygen atoms in total. The Hall–Kier alpha value is -3.08. The number of hydrogen-bond donors (Lipinski definition) is 3. The van der Waals surface area contributed by atoms with Crippen LogP contribution in [0, 0.1) is 22.7 Å². The number of alkyl halides is 3. The molecule has 0 aromatic carbocycles. The number of likely N-dealkylation sites (tertiary alicyclic amines) is 1. The number of carbonyl (C=O) groups excluding carboxylic acids is 4. The molecule has 35 heavy (non-hydrogen) atoms. The molecule has 2 rings (SSSR count). The van der Waals surface area contributed by atoms with E-state index in [2.05, 4.69) is 25.4 Å². The van der Waals surface area contributed by atoms with Crippen LogP contribution in [0.25, 0.3) is 0 Å². The van der Waals surface area contributed by atoms with E-state index >= 15 is 0 Å². The van der Waals surface area contributed by atoms with E-state index in [1.165, 1.54) is 0 Å². The lowest BCUT2D eigenvalue weighted by Crippen LogP contribution is -2.58. The van der Waals surface area contributed by atoms with Crippen molar-refractivity contribution < 1.29 is 41.8 Å². The van der Waals surface area contributed by atoms with E-state index in [-0.39, 0.29) is 12.3 Å². The molecular weight excluding hydrogens is 475 g/mol. The van der Waals surface area contributed by atoms with Crippen molar-refractivity contribution in [2.75, 3.05) is 20.2 Å². The lowest BCUT2D eigenvalue weighted by molar-refractivity contribution is -0.340. The minimum atomic E-state index is -5.00. The third-order valence-corrected chi connectivity index (χ3v) is 5.86. The van der Waals surface area contributed by atoms with Crippen molar-refractivity contribution >= 4 is 23.8 Å². The Labute approximate surface area is 200 Å². The van der Waals surface area contributed by atoms with Crippen molar-refractivity contribution in [3.8, 4) is 6.07 Å². The minimum absolute atomic E-state index is 0.0196. The Balaban J connectivity index is 2.25. The van der Waals surface area contributed by atoms with Crippen molar-refractivity contribution in [3.63, 3.8) is 0 Å². The van der Waals surface area contributed by atoms with Gasteiger partial charge >= 0.3 is 12.5 Å². The Morgan fingerprint density at radius 3 is 2.40 bits per heavy atom. The first kappa shape index (κ1) is 28.2. The number of amides is 4. The molecule has 0 bridgehead atoms. The van der Waals surface area contributed by atoms with Crippen LogP contribution in [0.1, 0.15) is 40.0 Å². The van der Waals surface area contributed by atoms with Crippen molar-refractivity contribution in [2.45, 2.75) is 70.6 Å². The number of alkyl carbamates (subject to hydrolysis) is 1. The van der Waals surface area contributed by atoms with Gasteiger partial charge in [0.25, 0.3) is 0 Å². The lowest BCUT2D eigenvalue weighted by atomic mass is 9.85. The maximum Gasteiger partial charge on any atom is 0.522 e. The molecule has 4 amide bonds. The summed E-state index contributed by atoms with van der Waals surface area (Å²) in [7, 11) is 1.09. The van der Waals surface area contributed by atoms with Crippen LogP contribution in [-0.4, -0.2) is 79.5 Å². The summed E-state index contributed by atoms with van der Waals surface area (Å²) in [6.45, 7) is 4.75. The van der Waals surface area contributed by atoms with Crippen molar-refractivity contribution in [1.29, 1.82) is 5.26 Å². The molecule has 0 radical (unpaired) electrons. The zero-order valence-electron chi connectivity index (χ0n) is 19.9. The van der Waals surface area contributed by atoms with E-state index < -0.39 is 72.8 Å². The van der Waals surface area contributed by atoms with E-state index in [0.29, 0.717) is 13.0 Å². The van der Waals surface area contributed by atoms with Crippen molar-refractivity contribution in [2.24, 2.45) is 11.3 Å². The summed E-state index contributed by atoms with van der Waals surface area (Å²) in [5.74, 6) is -2.41. The van der Waals surface area contributed by atoms with Crippen LogP contribution in [-0.2, 0) is 23.9 Å². The molecule has 3 N–H and O–H groups in total. The van der Waals surface area contributed by atoms with Crippen LogP contribution in [0.5, 0.6) is 0 Å². The van der Waals surface area contributed by atoms with E-state index in [0.717, 1.165) is 12.0 Å². The van der Waals surface area contributed by atoms with E-state index in [4.69, 9.17) is 0 Å². The quantitative estimate of drug-likeness (QED) is 0.463. The highest BCUT2D eigenvalue weighted by Crippen LogP contribution is 2.30. The van der Waals surface area contributed by atoms with Crippen LogP contribution in [0.3, 0.4) is 0 Å². The second kappa shape index (κ2) is 11.1. The summed E-state index contributed by atoms with van der Waals surface area (Å²) < 4.78 is 47.3. The van der Waals surface area contributed by atoms with Gasteiger partial charge < -0.3 is 25.6 Å². The van der Waals surface area contributed by atoms with Gasteiger partial charge in [-0.3, -0.25) is 19.1 Å². The maximum absolute atomic E-state index is 13.4. The molecule has 0 aliphatic carbocycles. The van der Waals surface area contributed by atoms with Gasteiger partial charge in [0.1, 0.15) is 18.1 Å². The van der Waals surface area contributed by atoms with Crippen LogP contribution in [0.4, 0.5) is 18.0 Å². The zero-order valence-corrected chi connectivity index (χ0v) is 19.9. The van der Waals surface area contributed by atoms with Gasteiger partial charge in [0.2, 0.25) is 17.7 Å². The molecule has 0 unspecified atom stereocenters. The van der Waals surface area contributed by atoms with Gasteiger partial charge in [0.05, 0.1) is 19.3 Å². The predicted molar refractivity (Wildman–Crippen MR) is 113 cm³/mol. The van der Waals surface area contributed by atoms with E-state index in [9.17, 15) is 37.6 Å². The van der Waals surface area contributed by atoms with Gasteiger partial charge in [0.15, 0.2) is 0 Å². The SMILES string of the molecule is COC(=O)N[C@H](C(=O)N1C[C@H](OC(F)(F)F)C[C@H]1C(=O)N[C@H](C#N)C[C@@H]1CCNC1=O)C(C)(C)C. The van der Waals surface area contributed by atoms with E-state index in [1.807, 2.05) is 6.07 Å². The number of nitriles is 1. The lowest BCUT2D eigenvalue weighted by Gasteiger charge is -2.35. The monoisotopic (exact) mass is 505 g/mol. The number of rotatable bonds is 7. The highest BCUT2D eigenvalue weighted by molar-refractivity contribution is 5.92. The van der Waals surface area contributed by atoms with Gasteiger partial charge in [-0.1, -0.05) is 20.8 Å². The van der Waals surface area contributed by atoms with Gasteiger partial charge in [-0.2, -0.15) is 5.26 Å². The number of carbonyl (C=O) groups is 4. The Morgan fingerprint density at radius 1 is 1.26 bits per heavy atom. The Bertz CT molecular complexity index is 869. The molecule has 196 valence electrons. The first-order valence-electron chi connectivity index (χ1n) is 11.0. The van der Waals surface area contributed by atoms with Gasteiger partial charge in [-0.15, -0.1) is 13.2 Å². The molecule has 2 saturated heterocycles. The van der Waals surface area contributed by atoms with E-state index in [1.54, 1.807) is 20.8 Å². The average Bonchev–Trinajstić information content (AvgIpc) is 3.34. The predicted octanol–water partition coefficient (Wildman–Crippen LogP) is 0.798. The summed E-state index contributed by atoms with van der Waals surface area (Å²) in [5.41, 5.74) is -0.889. The van der Waals surface area contributed by atoms with Crippen molar-refractivity contribution in [1.82, 2.24) is 20.9 Å². The first-order valence-corrected chi connectivity index (χ1v) is 11.0. The number of nitrogens with one attached hydrogen (secondary N) is 3. The van der Waals surface area contributed by atoms with Crippen LogP contribution in [0.2, 0.25) is 0 Å². The molecule has 2 fully saturated rings. The molecule has 14 heteroatoms. The summed E-state index contributed by atoms with van der Waals surface area (Å²) in [6, 6.07) is -1.85. The Kier molecular flexibility index (Phi) is 8.94. The normalized spacial score (nSPS) is 24.2. The second-order valence-corrected chi connectivity index (χ2v) is 9.57. The van der Waals surface area contributed by atoms with Crippen LogP contribution >= 0.6 is 0 Å².